The van der Waals surface area contributed by atoms with Crippen LogP contribution in [0.1, 0.15) is 68.4 Å². The second kappa shape index (κ2) is 10.6. The van der Waals surface area contributed by atoms with Gasteiger partial charge in [-0.1, -0.05) is 39.3 Å². The first-order chi connectivity index (χ1) is 16.2. The molecule has 3 unspecified atom stereocenters. The number of nitrogens with zero attached hydrogens (tertiary/aromatic N) is 4. The smallest absolute Gasteiger partial charge is 0.340 e. The number of benzene rings is 1. The highest BCUT2D eigenvalue weighted by Gasteiger charge is 2.34. The fraction of sp³-hybridized carbons (Fsp3) is 0.500. The van der Waals surface area contributed by atoms with Crippen molar-refractivity contribution in [1.82, 2.24) is 4.57 Å². The lowest BCUT2D eigenvalue weighted by Gasteiger charge is -2.36. The average molecular weight is 465 g/mol. The summed E-state index contributed by atoms with van der Waals surface area (Å²) in [5, 5.41) is 27.9. The van der Waals surface area contributed by atoms with E-state index in [9.17, 15) is 20.0 Å². The molecule has 1 heterocycles. The zero-order chi connectivity index (χ0) is 25.0. The van der Waals surface area contributed by atoms with E-state index in [1.807, 2.05) is 6.07 Å². The molecule has 0 radical (unpaired) electrons. The Labute approximate surface area is 199 Å². The van der Waals surface area contributed by atoms with Gasteiger partial charge in [0, 0.05) is 12.1 Å². The number of azo groups is 1. The lowest BCUT2D eigenvalue weighted by Crippen LogP contribution is -2.35. The van der Waals surface area contributed by atoms with Crippen molar-refractivity contribution in [1.29, 1.82) is 5.26 Å². The summed E-state index contributed by atoms with van der Waals surface area (Å²) in [5.74, 6) is 0.357. The van der Waals surface area contributed by atoms with Gasteiger partial charge in [0.25, 0.3) is 5.56 Å². The molecule has 0 spiro atoms. The Morgan fingerprint density at radius 1 is 1.29 bits per heavy atom. The van der Waals surface area contributed by atoms with E-state index >= 15 is 0 Å². The summed E-state index contributed by atoms with van der Waals surface area (Å²) in [4.78, 5) is 25.9. The van der Waals surface area contributed by atoms with E-state index in [-0.39, 0.29) is 40.7 Å². The van der Waals surface area contributed by atoms with Crippen LogP contribution in [0.3, 0.4) is 0 Å². The first kappa shape index (κ1) is 25.2. The molecule has 3 atom stereocenters. The average Bonchev–Trinajstić information content (AvgIpc) is 2.79. The van der Waals surface area contributed by atoms with Gasteiger partial charge in [0.05, 0.1) is 5.56 Å². The lowest BCUT2D eigenvalue weighted by molar-refractivity contribution is -0.0173. The number of carbonyl (C=O) groups is 1. The Balaban J connectivity index is 1.95. The molecule has 1 fully saturated rings. The van der Waals surface area contributed by atoms with E-state index in [1.54, 1.807) is 31.2 Å². The molecule has 1 aliphatic carbocycles. The monoisotopic (exact) mass is 464 g/mol. The number of ether oxygens (including phenoxy) is 1. The molecular weight excluding hydrogens is 432 g/mol. The third kappa shape index (κ3) is 5.04. The maximum atomic E-state index is 13.1. The topological polar surface area (TPSA) is 117 Å². The van der Waals surface area contributed by atoms with Gasteiger partial charge in [-0.15, -0.1) is 10.2 Å². The SMILES string of the molecule is CCn1c(O)c(C#N)c(C)c(N=Nc2ccccc2C(=O)OC2CC(C)CCC2C(C)C)c1=O. The normalized spacial score (nSPS) is 20.4. The predicted molar refractivity (Wildman–Crippen MR) is 129 cm³/mol. The number of esters is 1. The molecule has 1 aromatic heterocycles. The fourth-order valence-electron chi connectivity index (χ4n) is 4.64. The number of hydrogen-bond donors (Lipinski definition) is 1. The van der Waals surface area contributed by atoms with E-state index in [0.717, 1.165) is 23.8 Å². The number of aromatic hydroxyl groups is 1. The van der Waals surface area contributed by atoms with Gasteiger partial charge in [-0.05, 0) is 56.6 Å². The molecule has 8 heteroatoms. The summed E-state index contributed by atoms with van der Waals surface area (Å²) < 4.78 is 7.03. The summed E-state index contributed by atoms with van der Waals surface area (Å²) in [5.41, 5.74) is 0.117. The van der Waals surface area contributed by atoms with Crippen LogP contribution in [0.25, 0.3) is 0 Å². The molecule has 0 saturated heterocycles. The number of nitriles is 1. The van der Waals surface area contributed by atoms with E-state index in [1.165, 1.54) is 6.92 Å². The number of rotatable bonds is 6. The Morgan fingerprint density at radius 3 is 2.65 bits per heavy atom. The number of aromatic nitrogens is 1. The summed E-state index contributed by atoms with van der Waals surface area (Å²) in [7, 11) is 0. The second-order valence-corrected chi connectivity index (χ2v) is 9.32. The van der Waals surface area contributed by atoms with Crippen LogP contribution in [-0.2, 0) is 11.3 Å². The van der Waals surface area contributed by atoms with Gasteiger partial charge in [0.2, 0.25) is 5.88 Å². The van der Waals surface area contributed by atoms with E-state index < -0.39 is 17.4 Å². The summed E-state index contributed by atoms with van der Waals surface area (Å²) in [6.45, 7) is 9.87. The van der Waals surface area contributed by atoms with Crippen molar-refractivity contribution < 1.29 is 14.6 Å². The van der Waals surface area contributed by atoms with Crippen molar-refractivity contribution >= 4 is 17.3 Å². The third-order valence-electron chi connectivity index (χ3n) is 6.69. The van der Waals surface area contributed by atoms with Crippen LogP contribution in [-0.4, -0.2) is 21.7 Å². The van der Waals surface area contributed by atoms with Crippen LogP contribution >= 0.6 is 0 Å². The zero-order valence-electron chi connectivity index (χ0n) is 20.4. The largest absolute Gasteiger partial charge is 0.493 e. The summed E-state index contributed by atoms with van der Waals surface area (Å²) in [6, 6.07) is 8.61. The van der Waals surface area contributed by atoms with Gasteiger partial charge >= 0.3 is 5.97 Å². The molecule has 1 aromatic carbocycles. The molecule has 8 nitrogen and oxygen atoms in total. The minimum Gasteiger partial charge on any atom is -0.493 e. The Kier molecular flexibility index (Phi) is 7.87. The highest BCUT2D eigenvalue weighted by Crippen LogP contribution is 2.36. The maximum Gasteiger partial charge on any atom is 0.340 e. The standard InChI is InChI=1S/C26H32N4O4/c1-6-30-24(31)20(14-27)17(5)23(25(30)32)29-28-21-10-8-7-9-19(21)26(33)34-22-13-16(4)11-12-18(22)15(2)3/h7-10,15-16,18,22,31H,6,11-13H2,1-5H3. The minimum atomic E-state index is -0.559. The molecule has 1 saturated carbocycles. The van der Waals surface area contributed by atoms with E-state index in [0.29, 0.717) is 17.8 Å². The van der Waals surface area contributed by atoms with Crippen molar-refractivity contribution in [2.24, 2.45) is 28.0 Å². The van der Waals surface area contributed by atoms with Gasteiger partial charge in [0.1, 0.15) is 23.4 Å². The van der Waals surface area contributed by atoms with E-state index in [2.05, 4.69) is 31.0 Å². The predicted octanol–water partition coefficient (Wildman–Crippen LogP) is 5.79. The van der Waals surface area contributed by atoms with Crippen LogP contribution in [0.5, 0.6) is 5.88 Å². The molecule has 2 aromatic rings. The van der Waals surface area contributed by atoms with Crippen molar-refractivity contribution in [3.63, 3.8) is 0 Å². The van der Waals surface area contributed by atoms with Gasteiger partial charge in [0.15, 0.2) is 5.69 Å². The summed E-state index contributed by atoms with van der Waals surface area (Å²) >= 11 is 0. The zero-order valence-corrected chi connectivity index (χ0v) is 20.4. The molecule has 1 aliphatic rings. The first-order valence-electron chi connectivity index (χ1n) is 11.8. The molecule has 0 aliphatic heterocycles. The molecular formula is C26H32N4O4. The van der Waals surface area contributed by atoms with Crippen LogP contribution in [0.15, 0.2) is 39.3 Å². The van der Waals surface area contributed by atoms with Crippen molar-refractivity contribution in [3.05, 3.63) is 51.3 Å². The van der Waals surface area contributed by atoms with Crippen LogP contribution < -0.4 is 5.56 Å². The molecule has 3 rings (SSSR count). The molecule has 180 valence electrons. The number of pyridine rings is 1. The first-order valence-corrected chi connectivity index (χ1v) is 11.8. The number of carbonyl (C=O) groups excluding carboxylic acids is 1. The number of hydrogen-bond acceptors (Lipinski definition) is 7. The lowest BCUT2D eigenvalue weighted by atomic mass is 9.75. The highest BCUT2D eigenvalue weighted by molar-refractivity contribution is 5.94. The second-order valence-electron chi connectivity index (χ2n) is 9.32. The molecule has 0 bridgehead atoms. The quantitative estimate of drug-likeness (QED) is 0.429. The van der Waals surface area contributed by atoms with Crippen LogP contribution in [0.4, 0.5) is 11.4 Å². The Bertz CT molecular complexity index is 1190. The van der Waals surface area contributed by atoms with Gasteiger partial charge in [-0.25, -0.2) is 4.79 Å². The molecule has 34 heavy (non-hydrogen) atoms. The fourth-order valence-corrected chi connectivity index (χ4v) is 4.64. The van der Waals surface area contributed by atoms with Gasteiger partial charge < -0.3 is 9.84 Å². The minimum absolute atomic E-state index is 0.0331. The van der Waals surface area contributed by atoms with E-state index in [4.69, 9.17) is 4.74 Å². The van der Waals surface area contributed by atoms with Crippen molar-refractivity contribution in [2.75, 3.05) is 0 Å². The van der Waals surface area contributed by atoms with Crippen LogP contribution in [0, 0.1) is 36.0 Å². The van der Waals surface area contributed by atoms with Gasteiger partial charge in [-0.3, -0.25) is 9.36 Å². The van der Waals surface area contributed by atoms with Crippen molar-refractivity contribution in [2.45, 2.75) is 66.5 Å². The molecule has 1 N–H and O–H groups in total. The summed E-state index contributed by atoms with van der Waals surface area (Å²) in [6.07, 6.45) is 2.84. The third-order valence-corrected chi connectivity index (χ3v) is 6.69. The molecule has 0 amide bonds. The highest BCUT2D eigenvalue weighted by atomic mass is 16.5. The van der Waals surface area contributed by atoms with Gasteiger partial charge in [-0.2, -0.15) is 5.26 Å². The maximum absolute atomic E-state index is 13.1. The Hall–Kier alpha value is -3.47. The van der Waals surface area contributed by atoms with Crippen LogP contribution in [0.2, 0.25) is 0 Å². The van der Waals surface area contributed by atoms with Crippen molar-refractivity contribution in [3.8, 4) is 11.9 Å². The Morgan fingerprint density at radius 2 is 2.00 bits per heavy atom.